The van der Waals surface area contributed by atoms with Crippen LogP contribution in [-0.2, 0) is 19.7 Å². The molecule has 0 unspecified atom stereocenters. The summed E-state index contributed by atoms with van der Waals surface area (Å²) in [6.45, 7) is 6.52. The smallest absolute Gasteiger partial charge is 0.323 e. The Labute approximate surface area is 90.6 Å². The van der Waals surface area contributed by atoms with Gasteiger partial charge in [-0.2, -0.15) is 17.9 Å². The van der Waals surface area contributed by atoms with E-state index in [2.05, 4.69) is 14.2 Å². The van der Waals surface area contributed by atoms with Gasteiger partial charge in [-0.3, -0.25) is 4.79 Å². The van der Waals surface area contributed by atoms with Crippen LogP contribution in [0.25, 0.3) is 0 Å². The van der Waals surface area contributed by atoms with Gasteiger partial charge in [0.25, 0.3) is 10.2 Å². The van der Waals surface area contributed by atoms with E-state index in [4.69, 9.17) is 0 Å². The van der Waals surface area contributed by atoms with Gasteiger partial charge in [0.15, 0.2) is 0 Å². The quantitative estimate of drug-likeness (QED) is 0.663. The van der Waals surface area contributed by atoms with E-state index in [1.807, 2.05) is 0 Å². The molecule has 2 N–H and O–H groups in total. The molecule has 0 aromatic rings. The summed E-state index contributed by atoms with van der Waals surface area (Å²) < 4.78 is 31.8. The molecule has 90 valence electrons. The van der Waals surface area contributed by atoms with Gasteiger partial charge < -0.3 is 4.74 Å². The number of esters is 1. The lowest BCUT2D eigenvalue weighted by Gasteiger charge is -2.21. The summed E-state index contributed by atoms with van der Waals surface area (Å²) in [6, 6.07) is -0.908. The Morgan fingerprint density at radius 1 is 1.33 bits per heavy atom. The Hall–Kier alpha value is -0.660. The molecule has 0 aromatic carbocycles. The summed E-state index contributed by atoms with van der Waals surface area (Å²) in [5, 5.41) is 0. The summed E-state index contributed by atoms with van der Waals surface area (Å²) >= 11 is 0. The first-order valence-corrected chi connectivity index (χ1v) is 5.95. The predicted molar refractivity (Wildman–Crippen MR) is 56.4 cm³/mol. The molecule has 0 aromatic heterocycles. The number of methoxy groups -OCH3 is 1. The first-order valence-electron chi connectivity index (χ1n) is 4.46. The highest BCUT2D eigenvalue weighted by atomic mass is 32.2. The SMILES string of the molecule is COC(=O)[C@H](C)NS(=O)(=O)NC(C)(C)C. The Kier molecular flexibility index (Phi) is 4.69. The van der Waals surface area contributed by atoms with Gasteiger partial charge in [-0.1, -0.05) is 0 Å². The molecule has 0 radical (unpaired) electrons. The highest BCUT2D eigenvalue weighted by Crippen LogP contribution is 2.01. The Morgan fingerprint density at radius 2 is 1.80 bits per heavy atom. The summed E-state index contributed by atoms with van der Waals surface area (Å²) in [5.41, 5.74) is -0.596. The lowest BCUT2D eigenvalue weighted by atomic mass is 10.1. The second kappa shape index (κ2) is 4.91. The van der Waals surface area contributed by atoms with Crippen LogP contribution in [0.2, 0.25) is 0 Å². The number of carbonyl (C=O) groups is 1. The molecule has 0 bridgehead atoms. The van der Waals surface area contributed by atoms with Crippen molar-refractivity contribution in [1.29, 1.82) is 0 Å². The zero-order chi connectivity index (χ0) is 12.3. The summed E-state index contributed by atoms with van der Waals surface area (Å²) in [6.07, 6.45) is 0. The van der Waals surface area contributed by atoms with Gasteiger partial charge in [0.05, 0.1) is 7.11 Å². The second-order valence-electron chi connectivity index (χ2n) is 4.22. The van der Waals surface area contributed by atoms with Crippen LogP contribution in [0.5, 0.6) is 0 Å². The van der Waals surface area contributed by atoms with Crippen LogP contribution in [-0.4, -0.2) is 33.1 Å². The van der Waals surface area contributed by atoms with Gasteiger partial charge in [-0.05, 0) is 27.7 Å². The van der Waals surface area contributed by atoms with E-state index in [-0.39, 0.29) is 0 Å². The summed E-state index contributed by atoms with van der Waals surface area (Å²) in [5.74, 6) is -0.630. The van der Waals surface area contributed by atoms with Crippen LogP contribution in [0.3, 0.4) is 0 Å². The van der Waals surface area contributed by atoms with Gasteiger partial charge in [0.2, 0.25) is 0 Å². The van der Waals surface area contributed by atoms with Gasteiger partial charge in [0, 0.05) is 5.54 Å². The average molecular weight is 238 g/mol. The number of carbonyl (C=O) groups excluding carboxylic acids is 1. The number of ether oxygens (including phenoxy) is 1. The van der Waals surface area contributed by atoms with Crippen molar-refractivity contribution >= 4 is 16.2 Å². The number of nitrogens with one attached hydrogen (secondary N) is 2. The van der Waals surface area contributed by atoms with Crippen LogP contribution in [0.1, 0.15) is 27.7 Å². The summed E-state index contributed by atoms with van der Waals surface area (Å²) in [4.78, 5) is 11.0. The van der Waals surface area contributed by atoms with Gasteiger partial charge in [-0.15, -0.1) is 0 Å². The molecule has 0 aliphatic carbocycles. The summed E-state index contributed by atoms with van der Waals surface area (Å²) in [7, 11) is -2.50. The highest BCUT2D eigenvalue weighted by Gasteiger charge is 2.24. The fraction of sp³-hybridized carbons (Fsp3) is 0.875. The molecule has 0 rings (SSSR count). The van der Waals surface area contributed by atoms with Crippen LogP contribution >= 0.6 is 0 Å². The van der Waals surface area contributed by atoms with Crippen molar-refractivity contribution in [3.8, 4) is 0 Å². The van der Waals surface area contributed by atoms with E-state index in [9.17, 15) is 13.2 Å². The van der Waals surface area contributed by atoms with Crippen molar-refractivity contribution in [2.24, 2.45) is 0 Å². The largest absolute Gasteiger partial charge is 0.468 e. The molecule has 6 nitrogen and oxygen atoms in total. The monoisotopic (exact) mass is 238 g/mol. The normalized spacial score (nSPS) is 14.7. The first kappa shape index (κ1) is 14.3. The molecular weight excluding hydrogens is 220 g/mol. The van der Waals surface area contributed by atoms with Crippen LogP contribution in [0, 0.1) is 0 Å². The highest BCUT2D eigenvalue weighted by molar-refractivity contribution is 7.87. The molecular formula is C8H18N2O4S. The molecule has 0 saturated heterocycles. The Morgan fingerprint density at radius 3 is 2.13 bits per heavy atom. The predicted octanol–water partition coefficient (Wildman–Crippen LogP) is -0.230. The molecule has 0 aliphatic heterocycles. The molecule has 0 saturated carbocycles. The lowest BCUT2D eigenvalue weighted by molar-refractivity contribution is -0.142. The average Bonchev–Trinajstić information content (AvgIpc) is 1.96. The van der Waals surface area contributed by atoms with E-state index < -0.39 is 27.8 Å². The van der Waals surface area contributed by atoms with Crippen molar-refractivity contribution < 1.29 is 17.9 Å². The third kappa shape index (κ3) is 6.43. The van der Waals surface area contributed by atoms with E-state index in [0.717, 1.165) is 0 Å². The van der Waals surface area contributed by atoms with Crippen molar-refractivity contribution in [1.82, 2.24) is 9.44 Å². The number of hydrogen-bond donors (Lipinski definition) is 2. The van der Waals surface area contributed by atoms with Gasteiger partial charge in [-0.25, -0.2) is 0 Å². The maximum Gasteiger partial charge on any atom is 0.323 e. The van der Waals surface area contributed by atoms with Crippen LogP contribution in [0.4, 0.5) is 0 Å². The Bertz CT molecular complexity index is 318. The van der Waals surface area contributed by atoms with Gasteiger partial charge >= 0.3 is 5.97 Å². The molecule has 15 heavy (non-hydrogen) atoms. The molecule has 0 amide bonds. The van der Waals surface area contributed by atoms with Crippen LogP contribution < -0.4 is 9.44 Å². The fourth-order valence-corrected chi connectivity index (χ4v) is 2.32. The standard InChI is InChI=1S/C8H18N2O4S/c1-6(7(11)14-5)9-15(12,13)10-8(2,3)4/h6,9-10H,1-5H3/t6-/m0/s1. The van der Waals surface area contributed by atoms with E-state index in [1.54, 1.807) is 20.8 Å². The molecule has 0 spiro atoms. The van der Waals surface area contributed by atoms with E-state index >= 15 is 0 Å². The van der Waals surface area contributed by atoms with E-state index in [1.165, 1.54) is 14.0 Å². The third-order valence-corrected chi connectivity index (χ3v) is 2.87. The molecule has 7 heteroatoms. The molecule has 0 aliphatic rings. The number of hydrogen-bond acceptors (Lipinski definition) is 4. The third-order valence-electron chi connectivity index (χ3n) is 1.33. The van der Waals surface area contributed by atoms with Gasteiger partial charge in [0.1, 0.15) is 6.04 Å². The second-order valence-corrected chi connectivity index (χ2v) is 5.66. The zero-order valence-electron chi connectivity index (χ0n) is 9.62. The molecule has 1 atom stereocenters. The van der Waals surface area contributed by atoms with Crippen molar-refractivity contribution in [3.05, 3.63) is 0 Å². The zero-order valence-corrected chi connectivity index (χ0v) is 10.4. The van der Waals surface area contributed by atoms with Crippen molar-refractivity contribution in [3.63, 3.8) is 0 Å². The lowest BCUT2D eigenvalue weighted by Crippen LogP contribution is -2.51. The maximum absolute atomic E-state index is 11.4. The minimum absolute atomic E-state index is 0.596. The minimum Gasteiger partial charge on any atom is -0.468 e. The number of rotatable bonds is 4. The van der Waals surface area contributed by atoms with Crippen LogP contribution in [0.15, 0.2) is 0 Å². The maximum atomic E-state index is 11.4. The topological polar surface area (TPSA) is 84.5 Å². The first-order chi connectivity index (χ1) is 6.57. The van der Waals surface area contributed by atoms with Crippen molar-refractivity contribution in [2.75, 3.05) is 7.11 Å². The van der Waals surface area contributed by atoms with E-state index in [0.29, 0.717) is 0 Å². The minimum atomic E-state index is -3.69. The fourth-order valence-electron chi connectivity index (χ4n) is 0.890. The van der Waals surface area contributed by atoms with Crippen molar-refractivity contribution in [2.45, 2.75) is 39.3 Å². The Balaban J connectivity index is 4.46. The molecule has 0 heterocycles. The molecule has 0 fully saturated rings.